The molecule has 8 nitrogen and oxygen atoms in total. The first kappa shape index (κ1) is 22.7. The van der Waals surface area contributed by atoms with Crippen molar-refractivity contribution < 1.29 is 21.6 Å². The van der Waals surface area contributed by atoms with Gasteiger partial charge in [-0.3, -0.25) is 4.72 Å². The minimum atomic E-state index is -3.84. The van der Waals surface area contributed by atoms with Crippen molar-refractivity contribution in [1.29, 1.82) is 0 Å². The Morgan fingerprint density at radius 1 is 0.935 bits per heavy atom. The van der Waals surface area contributed by atoms with E-state index in [1.165, 1.54) is 20.1 Å². The average molecular weight is 462 g/mol. The van der Waals surface area contributed by atoms with E-state index in [1.54, 1.807) is 56.3 Å². The fraction of sp³-hybridized carbons (Fsp3) is 0.238. The van der Waals surface area contributed by atoms with E-state index in [-0.39, 0.29) is 15.7 Å². The molecule has 3 aromatic rings. The second kappa shape index (κ2) is 8.64. The number of aromatic nitrogens is 2. The van der Waals surface area contributed by atoms with Gasteiger partial charge >= 0.3 is 0 Å². The molecule has 0 spiro atoms. The standard InChI is InChI=1S/C21H23N3O5S2/c1-5-30(25,26)21-10-9-18(22-23-21)16-7-6-8-17(13-16)24-31(27,28)20-12-14(2)19(29-4)11-15(20)3/h6-13,24H,5H2,1-4H3. The minimum Gasteiger partial charge on any atom is -0.496 e. The third-order valence-corrected chi connectivity index (χ3v) is 7.87. The van der Waals surface area contributed by atoms with Crippen LogP contribution in [-0.2, 0) is 19.9 Å². The summed E-state index contributed by atoms with van der Waals surface area (Å²) in [5, 5.41) is 7.69. The Morgan fingerprint density at radius 2 is 1.68 bits per heavy atom. The summed E-state index contributed by atoms with van der Waals surface area (Å²) in [5.74, 6) is 0.549. The van der Waals surface area contributed by atoms with Gasteiger partial charge in [0, 0.05) is 11.3 Å². The first-order valence-electron chi connectivity index (χ1n) is 9.42. The van der Waals surface area contributed by atoms with Gasteiger partial charge in [-0.25, -0.2) is 16.8 Å². The number of hydrogen-bond donors (Lipinski definition) is 1. The lowest BCUT2D eigenvalue weighted by molar-refractivity contribution is 0.411. The molecule has 0 amide bonds. The molecule has 0 atom stereocenters. The molecule has 0 bridgehead atoms. The molecule has 0 aliphatic carbocycles. The van der Waals surface area contributed by atoms with Crippen LogP contribution in [0.3, 0.4) is 0 Å². The Balaban J connectivity index is 1.91. The van der Waals surface area contributed by atoms with Gasteiger partial charge < -0.3 is 4.74 Å². The minimum absolute atomic E-state index is 0.0669. The molecular formula is C21H23N3O5S2. The quantitative estimate of drug-likeness (QED) is 0.573. The number of nitrogens with one attached hydrogen (secondary N) is 1. The van der Waals surface area contributed by atoms with Gasteiger partial charge in [0.1, 0.15) is 5.75 Å². The highest BCUT2D eigenvalue weighted by atomic mass is 32.2. The summed E-state index contributed by atoms with van der Waals surface area (Å²) < 4.78 is 57.6. The van der Waals surface area contributed by atoms with Gasteiger partial charge in [-0.1, -0.05) is 19.1 Å². The summed E-state index contributed by atoms with van der Waals surface area (Å²) >= 11 is 0. The molecule has 3 rings (SSSR count). The van der Waals surface area contributed by atoms with Crippen molar-refractivity contribution in [3.05, 3.63) is 59.7 Å². The predicted molar refractivity (Wildman–Crippen MR) is 118 cm³/mol. The zero-order valence-corrected chi connectivity index (χ0v) is 19.2. The maximum Gasteiger partial charge on any atom is 0.262 e. The van der Waals surface area contributed by atoms with E-state index in [4.69, 9.17) is 4.74 Å². The lowest BCUT2D eigenvalue weighted by atomic mass is 10.1. The Bertz CT molecular complexity index is 1320. The zero-order chi connectivity index (χ0) is 22.8. The number of aryl methyl sites for hydroxylation is 2. The lowest BCUT2D eigenvalue weighted by Gasteiger charge is -2.14. The molecule has 164 valence electrons. The number of rotatable bonds is 7. The number of benzene rings is 2. The molecular weight excluding hydrogens is 438 g/mol. The molecule has 2 aromatic carbocycles. The molecule has 0 saturated carbocycles. The average Bonchev–Trinajstić information content (AvgIpc) is 2.75. The molecule has 0 unspecified atom stereocenters. The number of sulfonamides is 1. The van der Waals surface area contributed by atoms with Crippen molar-refractivity contribution in [3.8, 4) is 17.0 Å². The Hall–Kier alpha value is -2.98. The fourth-order valence-corrected chi connectivity index (χ4v) is 5.11. The van der Waals surface area contributed by atoms with Crippen molar-refractivity contribution >= 4 is 25.5 Å². The third kappa shape index (κ3) is 4.86. The van der Waals surface area contributed by atoms with Crippen molar-refractivity contribution in [2.45, 2.75) is 30.7 Å². The van der Waals surface area contributed by atoms with E-state index in [1.807, 2.05) is 0 Å². The SMILES string of the molecule is CCS(=O)(=O)c1ccc(-c2cccc(NS(=O)(=O)c3cc(C)c(OC)cc3C)c2)nn1. The molecule has 0 aliphatic heterocycles. The summed E-state index contributed by atoms with van der Waals surface area (Å²) in [4.78, 5) is 0.158. The topological polar surface area (TPSA) is 115 Å². The van der Waals surface area contributed by atoms with Crippen LogP contribution in [0.15, 0.2) is 58.5 Å². The Kier molecular flexibility index (Phi) is 6.33. The third-order valence-electron chi connectivity index (χ3n) is 4.73. The summed E-state index contributed by atoms with van der Waals surface area (Å²) in [6.07, 6.45) is 0. The molecule has 1 heterocycles. The van der Waals surface area contributed by atoms with Crippen LogP contribution in [0.25, 0.3) is 11.3 Å². The van der Waals surface area contributed by atoms with Gasteiger partial charge in [0.25, 0.3) is 10.0 Å². The van der Waals surface area contributed by atoms with Crippen LogP contribution < -0.4 is 9.46 Å². The summed E-state index contributed by atoms with van der Waals surface area (Å²) in [7, 11) is -5.75. The molecule has 1 aromatic heterocycles. The van der Waals surface area contributed by atoms with Gasteiger partial charge in [0.05, 0.1) is 23.5 Å². The maximum absolute atomic E-state index is 13.0. The van der Waals surface area contributed by atoms with Crippen LogP contribution in [0.5, 0.6) is 5.75 Å². The molecule has 0 radical (unpaired) electrons. The molecule has 1 N–H and O–H groups in total. The van der Waals surface area contributed by atoms with E-state index < -0.39 is 19.9 Å². The number of anilines is 1. The number of nitrogens with zero attached hydrogens (tertiary/aromatic N) is 2. The summed E-state index contributed by atoms with van der Waals surface area (Å²) in [5.41, 5.74) is 2.63. The maximum atomic E-state index is 13.0. The van der Waals surface area contributed by atoms with E-state index in [0.29, 0.717) is 33.8 Å². The van der Waals surface area contributed by atoms with Crippen LogP contribution in [0.2, 0.25) is 0 Å². The monoisotopic (exact) mass is 461 g/mol. The lowest BCUT2D eigenvalue weighted by Crippen LogP contribution is -2.14. The second-order valence-electron chi connectivity index (χ2n) is 6.93. The number of ether oxygens (including phenoxy) is 1. The Morgan fingerprint density at radius 3 is 2.29 bits per heavy atom. The van der Waals surface area contributed by atoms with E-state index in [0.717, 1.165) is 0 Å². The van der Waals surface area contributed by atoms with Gasteiger partial charge in [-0.2, -0.15) is 0 Å². The van der Waals surface area contributed by atoms with E-state index in [9.17, 15) is 16.8 Å². The largest absolute Gasteiger partial charge is 0.496 e. The van der Waals surface area contributed by atoms with Crippen LogP contribution in [0.4, 0.5) is 5.69 Å². The molecule has 31 heavy (non-hydrogen) atoms. The number of sulfone groups is 1. The van der Waals surface area contributed by atoms with Crippen LogP contribution in [0.1, 0.15) is 18.1 Å². The van der Waals surface area contributed by atoms with Crippen molar-refractivity contribution in [3.63, 3.8) is 0 Å². The number of hydrogen-bond acceptors (Lipinski definition) is 7. The zero-order valence-electron chi connectivity index (χ0n) is 17.6. The first-order valence-corrected chi connectivity index (χ1v) is 12.6. The van der Waals surface area contributed by atoms with Gasteiger partial charge in [0.15, 0.2) is 14.9 Å². The molecule has 0 saturated heterocycles. The smallest absolute Gasteiger partial charge is 0.262 e. The van der Waals surface area contributed by atoms with Crippen molar-refractivity contribution in [2.24, 2.45) is 0 Å². The molecule has 0 fully saturated rings. The van der Waals surface area contributed by atoms with Crippen molar-refractivity contribution in [2.75, 3.05) is 17.6 Å². The van der Waals surface area contributed by atoms with Crippen LogP contribution >= 0.6 is 0 Å². The summed E-state index contributed by atoms with van der Waals surface area (Å²) in [6.45, 7) is 5.01. The normalized spacial score (nSPS) is 11.9. The van der Waals surface area contributed by atoms with Gasteiger partial charge in [-0.15, -0.1) is 10.2 Å². The van der Waals surface area contributed by atoms with E-state index >= 15 is 0 Å². The second-order valence-corrected chi connectivity index (χ2v) is 10.8. The van der Waals surface area contributed by atoms with Crippen molar-refractivity contribution in [1.82, 2.24) is 10.2 Å². The highest BCUT2D eigenvalue weighted by molar-refractivity contribution is 7.92. The van der Waals surface area contributed by atoms with Gasteiger partial charge in [-0.05, 0) is 61.4 Å². The van der Waals surface area contributed by atoms with Crippen LogP contribution in [0, 0.1) is 13.8 Å². The fourth-order valence-electron chi connectivity index (χ4n) is 3.01. The highest BCUT2D eigenvalue weighted by Gasteiger charge is 2.19. The predicted octanol–water partition coefficient (Wildman–Crippen LogP) is 3.36. The van der Waals surface area contributed by atoms with Crippen LogP contribution in [-0.4, -0.2) is 39.9 Å². The Labute approximate surface area is 182 Å². The molecule has 10 heteroatoms. The molecule has 0 aliphatic rings. The van der Waals surface area contributed by atoms with E-state index in [2.05, 4.69) is 14.9 Å². The summed E-state index contributed by atoms with van der Waals surface area (Å²) in [6, 6.07) is 12.8. The van der Waals surface area contributed by atoms with Gasteiger partial charge in [0.2, 0.25) is 0 Å². The first-order chi connectivity index (χ1) is 14.6. The number of methoxy groups -OCH3 is 1. The highest BCUT2D eigenvalue weighted by Crippen LogP contribution is 2.28.